The van der Waals surface area contributed by atoms with Crippen molar-refractivity contribution in [3.8, 4) is 0 Å². The normalized spacial score (nSPS) is 19.6. The summed E-state index contributed by atoms with van der Waals surface area (Å²) in [4.78, 5) is 23.6. The van der Waals surface area contributed by atoms with Crippen LogP contribution in [0.3, 0.4) is 0 Å². The van der Waals surface area contributed by atoms with Gasteiger partial charge in [-0.15, -0.1) is 0 Å². The predicted octanol–water partition coefficient (Wildman–Crippen LogP) is 4.55. The molecule has 0 aromatic heterocycles. The van der Waals surface area contributed by atoms with Gasteiger partial charge < -0.3 is 9.47 Å². The fraction of sp³-hybridized carbons (Fsp3) is 0.882. The highest BCUT2D eigenvalue weighted by Crippen LogP contribution is 2.38. The van der Waals surface area contributed by atoms with Crippen molar-refractivity contribution in [1.29, 1.82) is 0 Å². The van der Waals surface area contributed by atoms with E-state index in [0.29, 0.717) is 19.3 Å². The van der Waals surface area contributed by atoms with Crippen molar-refractivity contribution in [3.63, 3.8) is 0 Å². The number of rotatable bonds is 8. The van der Waals surface area contributed by atoms with Crippen LogP contribution in [0.1, 0.15) is 72.1 Å². The smallest absolute Gasteiger partial charge is 0.425 e. The number of carbonyl (C=O) groups is 2. The van der Waals surface area contributed by atoms with Gasteiger partial charge in [0.05, 0.1) is 5.92 Å². The minimum Gasteiger partial charge on any atom is -0.459 e. The molecular formula is C17H27F3O4. The Bertz CT molecular complexity index is 428. The van der Waals surface area contributed by atoms with Gasteiger partial charge in [-0.25, -0.2) is 0 Å². The van der Waals surface area contributed by atoms with Crippen LogP contribution in [0.25, 0.3) is 0 Å². The molecule has 0 aromatic carbocycles. The van der Waals surface area contributed by atoms with Crippen LogP contribution < -0.4 is 0 Å². The van der Waals surface area contributed by atoms with E-state index in [1.165, 1.54) is 0 Å². The molecule has 0 spiro atoms. The van der Waals surface area contributed by atoms with Gasteiger partial charge in [-0.2, -0.15) is 13.2 Å². The van der Waals surface area contributed by atoms with Gasteiger partial charge in [0.2, 0.25) is 0 Å². The van der Waals surface area contributed by atoms with E-state index < -0.39 is 23.9 Å². The molecule has 1 aliphatic rings. The summed E-state index contributed by atoms with van der Waals surface area (Å²) in [6.07, 6.45) is -1.87. The molecule has 140 valence electrons. The van der Waals surface area contributed by atoms with Gasteiger partial charge in [-0.1, -0.05) is 13.8 Å². The van der Waals surface area contributed by atoms with Crippen LogP contribution in [-0.2, 0) is 19.1 Å². The van der Waals surface area contributed by atoms with E-state index in [9.17, 15) is 22.8 Å². The molecule has 2 atom stereocenters. The molecule has 2 unspecified atom stereocenters. The molecule has 1 fully saturated rings. The van der Waals surface area contributed by atoms with Crippen LogP contribution in [0.2, 0.25) is 0 Å². The van der Waals surface area contributed by atoms with Crippen LogP contribution in [0.5, 0.6) is 0 Å². The van der Waals surface area contributed by atoms with E-state index in [4.69, 9.17) is 4.74 Å². The minimum absolute atomic E-state index is 0.108. The van der Waals surface area contributed by atoms with Gasteiger partial charge >= 0.3 is 18.1 Å². The second-order valence-corrected chi connectivity index (χ2v) is 6.65. The maximum atomic E-state index is 12.4. The Labute approximate surface area is 141 Å². The van der Waals surface area contributed by atoms with E-state index in [1.807, 2.05) is 6.92 Å². The quantitative estimate of drug-likeness (QED) is 0.601. The highest BCUT2D eigenvalue weighted by atomic mass is 19.4. The lowest BCUT2D eigenvalue weighted by Gasteiger charge is -2.30. The van der Waals surface area contributed by atoms with E-state index >= 15 is 0 Å². The first-order valence-corrected chi connectivity index (χ1v) is 8.58. The van der Waals surface area contributed by atoms with E-state index in [1.54, 1.807) is 6.92 Å². The van der Waals surface area contributed by atoms with E-state index in [0.717, 1.165) is 32.6 Å². The van der Waals surface area contributed by atoms with Gasteiger partial charge in [0.1, 0.15) is 5.60 Å². The summed E-state index contributed by atoms with van der Waals surface area (Å²) in [5, 5.41) is 0. The summed E-state index contributed by atoms with van der Waals surface area (Å²) in [6.45, 7) is 4.52. The molecule has 24 heavy (non-hydrogen) atoms. The molecule has 0 aromatic rings. The van der Waals surface area contributed by atoms with Crippen LogP contribution >= 0.6 is 0 Å². The number of alkyl halides is 3. The first kappa shape index (κ1) is 20.8. The lowest BCUT2D eigenvalue weighted by molar-refractivity contribution is -0.216. The van der Waals surface area contributed by atoms with Crippen molar-refractivity contribution < 1.29 is 32.2 Å². The maximum Gasteiger partial charge on any atom is 0.425 e. The second kappa shape index (κ2) is 8.72. The number of esters is 2. The van der Waals surface area contributed by atoms with E-state index in [-0.39, 0.29) is 18.3 Å². The lowest BCUT2D eigenvalue weighted by Crippen LogP contribution is -2.34. The molecule has 1 saturated carbocycles. The Morgan fingerprint density at radius 3 is 2.25 bits per heavy atom. The molecular weight excluding hydrogens is 325 g/mol. The predicted molar refractivity (Wildman–Crippen MR) is 82.2 cm³/mol. The van der Waals surface area contributed by atoms with Crippen LogP contribution in [0, 0.1) is 5.92 Å². The summed E-state index contributed by atoms with van der Waals surface area (Å²) in [7, 11) is 0. The third kappa shape index (κ3) is 6.32. The molecule has 0 N–H and O–H groups in total. The number of ether oxygens (including phenoxy) is 2. The Morgan fingerprint density at radius 1 is 1.17 bits per heavy atom. The van der Waals surface area contributed by atoms with E-state index in [2.05, 4.69) is 4.74 Å². The molecule has 0 heterocycles. The highest BCUT2D eigenvalue weighted by Gasteiger charge is 2.40. The van der Waals surface area contributed by atoms with Crippen LogP contribution in [-0.4, -0.2) is 29.8 Å². The van der Waals surface area contributed by atoms with Crippen molar-refractivity contribution in [3.05, 3.63) is 0 Å². The average Bonchev–Trinajstić information content (AvgIpc) is 2.93. The zero-order valence-electron chi connectivity index (χ0n) is 14.6. The molecule has 1 rings (SSSR count). The minimum atomic E-state index is -4.55. The first-order chi connectivity index (χ1) is 11.1. The lowest BCUT2D eigenvalue weighted by atomic mass is 9.94. The van der Waals surface area contributed by atoms with Gasteiger partial charge in [-0.3, -0.25) is 9.59 Å². The average molecular weight is 352 g/mol. The summed E-state index contributed by atoms with van der Waals surface area (Å²) >= 11 is 0. The van der Waals surface area contributed by atoms with Crippen LogP contribution in [0.4, 0.5) is 13.2 Å². The number of hydrogen-bond donors (Lipinski definition) is 0. The highest BCUT2D eigenvalue weighted by molar-refractivity contribution is 5.72. The summed E-state index contributed by atoms with van der Waals surface area (Å²) in [6, 6.07) is 0. The van der Waals surface area contributed by atoms with Crippen molar-refractivity contribution in [1.82, 2.24) is 0 Å². The second-order valence-electron chi connectivity index (χ2n) is 6.65. The SMILES string of the molecule is CCC(C)C(=O)OC1(CCCC(=O)OC(C)C(F)(F)F)CCCC1. The number of halogens is 3. The Kier molecular flexibility index (Phi) is 7.55. The fourth-order valence-corrected chi connectivity index (χ4v) is 2.78. The first-order valence-electron chi connectivity index (χ1n) is 8.58. The third-order valence-corrected chi connectivity index (χ3v) is 4.63. The molecule has 4 nitrogen and oxygen atoms in total. The zero-order valence-corrected chi connectivity index (χ0v) is 14.6. The fourth-order valence-electron chi connectivity index (χ4n) is 2.78. The van der Waals surface area contributed by atoms with Gasteiger partial charge in [0.15, 0.2) is 6.10 Å². The Morgan fingerprint density at radius 2 is 1.75 bits per heavy atom. The van der Waals surface area contributed by atoms with Gasteiger partial charge in [0, 0.05) is 6.42 Å². The largest absolute Gasteiger partial charge is 0.459 e. The third-order valence-electron chi connectivity index (χ3n) is 4.63. The van der Waals surface area contributed by atoms with Crippen LogP contribution in [0.15, 0.2) is 0 Å². The molecule has 0 saturated heterocycles. The van der Waals surface area contributed by atoms with Gasteiger partial charge in [0.25, 0.3) is 0 Å². The standard InChI is InChI=1S/C17H27F3O4/c1-4-12(2)15(22)24-16(9-5-6-10-16)11-7-8-14(21)23-13(3)17(18,19)20/h12-13H,4-11H2,1-3H3. The molecule has 0 bridgehead atoms. The van der Waals surface area contributed by atoms with Crippen molar-refractivity contribution in [2.24, 2.45) is 5.92 Å². The topological polar surface area (TPSA) is 52.6 Å². The summed E-state index contributed by atoms with van der Waals surface area (Å²) in [5.74, 6) is -1.30. The monoisotopic (exact) mass is 352 g/mol. The zero-order chi connectivity index (χ0) is 18.4. The molecule has 7 heteroatoms. The van der Waals surface area contributed by atoms with Crippen molar-refractivity contribution in [2.75, 3.05) is 0 Å². The molecule has 0 amide bonds. The van der Waals surface area contributed by atoms with Crippen molar-refractivity contribution >= 4 is 11.9 Å². The summed E-state index contributed by atoms with van der Waals surface area (Å²) in [5.41, 5.74) is -0.573. The molecule has 0 aliphatic heterocycles. The number of carbonyl (C=O) groups excluding carboxylic acids is 2. The maximum absolute atomic E-state index is 12.4. The molecule has 0 radical (unpaired) electrons. The van der Waals surface area contributed by atoms with Gasteiger partial charge in [-0.05, 0) is 51.9 Å². The Hall–Kier alpha value is -1.27. The Balaban J connectivity index is 2.47. The van der Waals surface area contributed by atoms with Crippen molar-refractivity contribution in [2.45, 2.75) is 90.0 Å². The summed E-state index contributed by atoms with van der Waals surface area (Å²) < 4.78 is 47.1. The molecule has 1 aliphatic carbocycles. The number of hydrogen-bond acceptors (Lipinski definition) is 4.